The van der Waals surface area contributed by atoms with Crippen molar-refractivity contribution < 1.29 is 34.1 Å². The van der Waals surface area contributed by atoms with Gasteiger partial charge in [0.15, 0.2) is 0 Å². The summed E-state index contributed by atoms with van der Waals surface area (Å²) in [6, 6.07) is -1.39. The third-order valence-corrected chi connectivity index (χ3v) is 8.77. The average molecular weight is 731 g/mol. The number of allylic oxidation sites excluding steroid dienone is 6. The Morgan fingerprint density at radius 1 is 0.596 bits per heavy atom. The number of amides is 2. The van der Waals surface area contributed by atoms with Gasteiger partial charge in [0.25, 0.3) is 0 Å². The number of aliphatic hydroxyl groups is 1. The number of esters is 1. The van der Waals surface area contributed by atoms with Crippen LogP contribution >= 0.6 is 0 Å². The molecule has 0 saturated heterocycles. The average Bonchev–Trinajstić information content (AvgIpc) is 3.13. The van der Waals surface area contributed by atoms with Gasteiger partial charge in [0.2, 0.25) is 11.8 Å². The van der Waals surface area contributed by atoms with Gasteiger partial charge in [-0.05, 0) is 76.4 Å². The van der Waals surface area contributed by atoms with Crippen LogP contribution in [0.2, 0.25) is 0 Å². The van der Waals surface area contributed by atoms with E-state index in [1.807, 2.05) is 24.3 Å². The normalized spacial score (nSPS) is 13.0. The predicted molar refractivity (Wildman–Crippen MR) is 213 cm³/mol. The number of ether oxygens (including phenoxy) is 1. The number of hydrogen-bond acceptors (Lipinski definition) is 6. The highest BCUT2D eigenvalue weighted by atomic mass is 16.5. The number of hydrogen-bond donors (Lipinski definition) is 4. The zero-order valence-corrected chi connectivity index (χ0v) is 32.8. The van der Waals surface area contributed by atoms with Crippen molar-refractivity contribution in [3.05, 3.63) is 48.6 Å². The highest BCUT2D eigenvalue weighted by Gasteiger charge is 2.18. The smallest absolute Gasteiger partial charge is 0.328 e. The first-order valence-electron chi connectivity index (χ1n) is 20.6. The molecule has 298 valence electrons. The molecule has 0 radical (unpaired) electrons. The van der Waals surface area contributed by atoms with Crippen molar-refractivity contribution >= 4 is 23.8 Å². The van der Waals surface area contributed by atoms with Gasteiger partial charge in [0.05, 0.1) is 13.2 Å². The van der Waals surface area contributed by atoms with Crippen molar-refractivity contribution in [3.63, 3.8) is 0 Å². The Morgan fingerprint density at radius 3 is 1.69 bits per heavy atom. The first-order valence-corrected chi connectivity index (χ1v) is 20.6. The molecule has 0 heterocycles. The molecule has 9 nitrogen and oxygen atoms in total. The number of carboxylic acid groups (broad SMARTS) is 1. The van der Waals surface area contributed by atoms with Crippen LogP contribution in [0.25, 0.3) is 0 Å². The minimum absolute atomic E-state index is 0.168. The Balaban J connectivity index is 4.11. The molecule has 0 aliphatic carbocycles. The first-order chi connectivity index (χ1) is 25.3. The van der Waals surface area contributed by atoms with Crippen LogP contribution in [0.1, 0.15) is 174 Å². The lowest BCUT2D eigenvalue weighted by Crippen LogP contribution is -2.47. The van der Waals surface area contributed by atoms with Crippen LogP contribution in [-0.4, -0.2) is 59.3 Å². The lowest BCUT2D eigenvalue weighted by atomic mass is 10.1. The maximum absolute atomic E-state index is 12.6. The van der Waals surface area contributed by atoms with Crippen molar-refractivity contribution in [1.29, 1.82) is 0 Å². The fraction of sp³-hybridized carbons (Fsp3) is 0.721. The number of aliphatic hydroxyl groups excluding tert-OH is 1. The molecule has 2 atom stereocenters. The van der Waals surface area contributed by atoms with E-state index in [0.29, 0.717) is 12.8 Å². The van der Waals surface area contributed by atoms with Gasteiger partial charge in [-0.3, -0.25) is 14.4 Å². The fourth-order valence-electron chi connectivity index (χ4n) is 5.61. The molecule has 2 amide bonds. The SMILES string of the molecule is CC/C=C\C/C=C\C(/C=C\CCCCCC(=O)NCC(=O)NC(CO)C(=O)O)OC(=O)CCCCCCCCCCC/C=C\CCCCCCCC. The third kappa shape index (κ3) is 33.9. The molecule has 0 aliphatic rings. The maximum atomic E-state index is 12.6. The number of nitrogens with one attached hydrogen (secondary N) is 2. The van der Waals surface area contributed by atoms with E-state index in [1.54, 1.807) is 0 Å². The lowest BCUT2D eigenvalue weighted by Gasteiger charge is -2.12. The van der Waals surface area contributed by atoms with Crippen LogP contribution < -0.4 is 10.6 Å². The summed E-state index contributed by atoms with van der Waals surface area (Å²) in [5.74, 6) is -2.47. The van der Waals surface area contributed by atoms with E-state index in [-0.39, 0.29) is 24.8 Å². The number of unbranched alkanes of at least 4 members (excludes halogenated alkanes) is 18. The van der Waals surface area contributed by atoms with Crippen molar-refractivity contribution in [2.45, 2.75) is 187 Å². The monoisotopic (exact) mass is 731 g/mol. The summed E-state index contributed by atoms with van der Waals surface area (Å²) in [5, 5.41) is 22.4. The second-order valence-electron chi connectivity index (χ2n) is 13.7. The second-order valence-corrected chi connectivity index (χ2v) is 13.7. The molecular formula is C43H74N2O7. The molecular weight excluding hydrogens is 656 g/mol. The van der Waals surface area contributed by atoms with Crippen LogP contribution in [0, 0.1) is 0 Å². The summed E-state index contributed by atoms with van der Waals surface area (Å²) in [6.07, 6.45) is 43.5. The highest BCUT2D eigenvalue weighted by molar-refractivity contribution is 5.87. The van der Waals surface area contributed by atoms with Gasteiger partial charge in [0, 0.05) is 12.8 Å². The Bertz CT molecular complexity index is 1020. The molecule has 52 heavy (non-hydrogen) atoms. The van der Waals surface area contributed by atoms with Crippen LogP contribution in [0.3, 0.4) is 0 Å². The van der Waals surface area contributed by atoms with Gasteiger partial charge in [-0.25, -0.2) is 4.79 Å². The van der Waals surface area contributed by atoms with Crippen molar-refractivity contribution in [2.24, 2.45) is 0 Å². The number of rotatable bonds is 36. The standard InChI is InChI=1S/C43H74N2O7/c1-3-5-7-9-10-11-12-13-14-15-16-17-18-19-20-21-22-27-31-35-42(49)52-38(32-28-24-8-6-4-2)33-29-25-23-26-30-34-40(47)44-36-41(48)45-39(37-46)43(50)51/h6,8,13-14,28-29,32-33,38-39,46H,3-5,7,9-12,15-27,30-31,34-37H2,1-2H3,(H,44,47)(H,45,48)(H,50,51)/b8-6-,14-13-,32-28-,33-29-. The topological polar surface area (TPSA) is 142 Å². The van der Waals surface area contributed by atoms with E-state index in [0.717, 1.165) is 51.4 Å². The molecule has 0 bridgehead atoms. The zero-order valence-electron chi connectivity index (χ0n) is 32.8. The van der Waals surface area contributed by atoms with E-state index in [9.17, 15) is 19.2 Å². The maximum Gasteiger partial charge on any atom is 0.328 e. The summed E-state index contributed by atoms with van der Waals surface area (Å²) < 4.78 is 5.77. The van der Waals surface area contributed by atoms with Gasteiger partial charge < -0.3 is 25.6 Å². The number of aliphatic carboxylic acids is 1. The summed E-state index contributed by atoms with van der Waals surface area (Å²) >= 11 is 0. The van der Waals surface area contributed by atoms with Gasteiger partial charge in [0.1, 0.15) is 12.1 Å². The van der Waals surface area contributed by atoms with Crippen LogP contribution in [0.5, 0.6) is 0 Å². The summed E-state index contributed by atoms with van der Waals surface area (Å²) in [5.41, 5.74) is 0. The molecule has 0 saturated carbocycles. The van der Waals surface area contributed by atoms with Gasteiger partial charge >= 0.3 is 11.9 Å². The van der Waals surface area contributed by atoms with E-state index < -0.39 is 30.6 Å². The van der Waals surface area contributed by atoms with Gasteiger partial charge in [-0.1, -0.05) is 134 Å². The van der Waals surface area contributed by atoms with Crippen LogP contribution in [-0.2, 0) is 23.9 Å². The molecule has 0 aromatic rings. The molecule has 0 aromatic carbocycles. The number of carbonyl (C=O) groups excluding carboxylic acids is 3. The van der Waals surface area contributed by atoms with Crippen molar-refractivity contribution in [2.75, 3.05) is 13.2 Å². The van der Waals surface area contributed by atoms with E-state index >= 15 is 0 Å². The molecule has 0 spiro atoms. The largest absolute Gasteiger partial charge is 0.480 e. The second kappa shape index (κ2) is 37.6. The van der Waals surface area contributed by atoms with Gasteiger partial charge in [-0.2, -0.15) is 0 Å². The van der Waals surface area contributed by atoms with Crippen molar-refractivity contribution in [3.8, 4) is 0 Å². The summed E-state index contributed by atoms with van der Waals surface area (Å²) in [7, 11) is 0. The Morgan fingerprint density at radius 2 is 1.12 bits per heavy atom. The fourth-order valence-corrected chi connectivity index (χ4v) is 5.61. The molecule has 4 N–H and O–H groups in total. The highest BCUT2D eigenvalue weighted by Crippen LogP contribution is 2.14. The molecule has 2 unspecified atom stereocenters. The summed E-state index contributed by atoms with van der Waals surface area (Å²) in [6.45, 7) is 3.29. The quantitative estimate of drug-likeness (QED) is 0.0286. The first kappa shape index (κ1) is 48.8. The molecule has 0 aliphatic heterocycles. The molecule has 0 aromatic heterocycles. The number of carboxylic acids is 1. The van der Waals surface area contributed by atoms with E-state index in [1.165, 1.54) is 89.9 Å². The minimum Gasteiger partial charge on any atom is -0.480 e. The van der Waals surface area contributed by atoms with E-state index in [4.69, 9.17) is 14.9 Å². The predicted octanol–water partition coefficient (Wildman–Crippen LogP) is 9.59. The van der Waals surface area contributed by atoms with Crippen LogP contribution in [0.15, 0.2) is 48.6 Å². The molecule has 9 heteroatoms. The number of carbonyl (C=O) groups is 4. The summed E-state index contributed by atoms with van der Waals surface area (Å²) in [4.78, 5) is 47.2. The molecule has 0 fully saturated rings. The minimum atomic E-state index is -1.39. The van der Waals surface area contributed by atoms with Crippen LogP contribution in [0.4, 0.5) is 0 Å². The van der Waals surface area contributed by atoms with Crippen molar-refractivity contribution in [1.82, 2.24) is 10.6 Å². The molecule has 0 rings (SSSR count). The zero-order chi connectivity index (χ0) is 38.3. The van der Waals surface area contributed by atoms with E-state index in [2.05, 4.69) is 48.8 Å². The van der Waals surface area contributed by atoms with Gasteiger partial charge in [-0.15, -0.1) is 0 Å². The Hall–Kier alpha value is -3.20. The Kier molecular flexibility index (Phi) is 35.2. The Labute approximate surface area is 316 Å². The lowest BCUT2D eigenvalue weighted by molar-refractivity contribution is -0.145. The third-order valence-electron chi connectivity index (χ3n) is 8.77.